The monoisotopic (exact) mass is 384 g/mol. The van der Waals surface area contributed by atoms with Gasteiger partial charge in [0.2, 0.25) is 0 Å². The standard InChI is InChI=1S/C17H10F6N4/c18-16(19,20)10-8-11(17(21,22)23)14(12-5-1-2-6-25-12)27-13(10)9-4-3-7-26-15(9)24/h1-8H,(H2,24,26). The van der Waals surface area contributed by atoms with Gasteiger partial charge < -0.3 is 5.73 Å². The van der Waals surface area contributed by atoms with Gasteiger partial charge in [-0.3, -0.25) is 4.98 Å². The Morgan fingerprint density at radius 3 is 1.93 bits per heavy atom. The molecule has 0 aromatic carbocycles. The van der Waals surface area contributed by atoms with E-state index in [9.17, 15) is 26.3 Å². The number of nitrogens with two attached hydrogens (primary N) is 1. The Hall–Kier alpha value is -3.17. The van der Waals surface area contributed by atoms with E-state index in [2.05, 4.69) is 15.0 Å². The first-order valence-corrected chi connectivity index (χ1v) is 7.40. The lowest BCUT2D eigenvalue weighted by Gasteiger charge is -2.19. The van der Waals surface area contributed by atoms with Gasteiger partial charge in [-0.1, -0.05) is 6.07 Å². The average molecular weight is 384 g/mol. The van der Waals surface area contributed by atoms with Crippen LogP contribution in [0.25, 0.3) is 22.6 Å². The summed E-state index contributed by atoms with van der Waals surface area (Å²) < 4.78 is 80.8. The third kappa shape index (κ3) is 3.69. The lowest BCUT2D eigenvalue weighted by molar-refractivity contribution is -0.142. The van der Waals surface area contributed by atoms with Crippen molar-refractivity contribution in [3.63, 3.8) is 0 Å². The highest BCUT2D eigenvalue weighted by Crippen LogP contribution is 2.44. The zero-order valence-electron chi connectivity index (χ0n) is 13.3. The Kier molecular flexibility index (Phi) is 4.50. The van der Waals surface area contributed by atoms with Crippen LogP contribution in [0.5, 0.6) is 0 Å². The summed E-state index contributed by atoms with van der Waals surface area (Å²) in [5, 5.41) is 0. The summed E-state index contributed by atoms with van der Waals surface area (Å²) in [5.74, 6) is -0.290. The normalized spacial score (nSPS) is 12.2. The second-order valence-electron chi connectivity index (χ2n) is 5.43. The predicted octanol–water partition coefficient (Wildman–Crippen LogP) is 4.83. The average Bonchev–Trinajstić information content (AvgIpc) is 2.60. The van der Waals surface area contributed by atoms with Crippen molar-refractivity contribution in [1.82, 2.24) is 15.0 Å². The van der Waals surface area contributed by atoms with Crippen LogP contribution in [0.2, 0.25) is 0 Å². The third-order valence-electron chi connectivity index (χ3n) is 3.63. The van der Waals surface area contributed by atoms with Crippen LogP contribution in [0, 0.1) is 0 Å². The van der Waals surface area contributed by atoms with Crippen LogP contribution < -0.4 is 5.73 Å². The van der Waals surface area contributed by atoms with E-state index in [0.717, 1.165) is 0 Å². The maximum atomic E-state index is 13.5. The summed E-state index contributed by atoms with van der Waals surface area (Å²) in [6, 6.07) is 6.63. The van der Waals surface area contributed by atoms with Crippen molar-refractivity contribution in [3.05, 3.63) is 59.9 Å². The van der Waals surface area contributed by atoms with Crippen molar-refractivity contribution >= 4 is 5.82 Å². The van der Waals surface area contributed by atoms with Crippen LogP contribution >= 0.6 is 0 Å². The quantitative estimate of drug-likeness (QED) is 0.643. The van der Waals surface area contributed by atoms with Crippen molar-refractivity contribution in [3.8, 4) is 22.6 Å². The van der Waals surface area contributed by atoms with E-state index in [1.54, 1.807) is 0 Å². The number of anilines is 1. The van der Waals surface area contributed by atoms with E-state index in [-0.39, 0.29) is 23.1 Å². The molecule has 0 fully saturated rings. The van der Waals surface area contributed by atoms with E-state index in [0.29, 0.717) is 0 Å². The summed E-state index contributed by atoms with van der Waals surface area (Å²) in [5.41, 5.74) is 0.596. The fourth-order valence-electron chi connectivity index (χ4n) is 2.47. The minimum absolute atomic E-state index is 0.0266. The summed E-state index contributed by atoms with van der Waals surface area (Å²) in [4.78, 5) is 11.2. The van der Waals surface area contributed by atoms with Crippen LogP contribution in [0.15, 0.2) is 48.8 Å². The first-order chi connectivity index (χ1) is 12.6. The molecule has 0 saturated heterocycles. The summed E-state index contributed by atoms with van der Waals surface area (Å²) >= 11 is 0. The van der Waals surface area contributed by atoms with Gasteiger partial charge in [0.15, 0.2) is 0 Å². The lowest BCUT2D eigenvalue weighted by Crippen LogP contribution is -2.16. The predicted molar refractivity (Wildman–Crippen MR) is 85.1 cm³/mol. The summed E-state index contributed by atoms with van der Waals surface area (Å²) in [6.07, 6.45) is -7.70. The van der Waals surface area contributed by atoms with Crippen molar-refractivity contribution < 1.29 is 26.3 Å². The Morgan fingerprint density at radius 2 is 1.37 bits per heavy atom. The van der Waals surface area contributed by atoms with Gasteiger partial charge in [0, 0.05) is 18.0 Å². The fraction of sp³-hybridized carbons (Fsp3) is 0.118. The molecule has 27 heavy (non-hydrogen) atoms. The van der Waals surface area contributed by atoms with E-state index in [1.165, 1.54) is 42.7 Å². The number of hydrogen-bond donors (Lipinski definition) is 1. The van der Waals surface area contributed by atoms with Gasteiger partial charge >= 0.3 is 12.4 Å². The molecule has 0 saturated carbocycles. The molecule has 0 unspecified atom stereocenters. The second-order valence-corrected chi connectivity index (χ2v) is 5.43. The van der Waals surface area contributed by atoms with Crippen LogP contribution in [0.3, 0.4) is 0 Å². The van der Waals surface area contributed by atoms with Gasteiger partial charge in [-0.25, -0.2) is 9.97 Å². The van der Waals surface area contributed by atoms with Crippen molar-refractivity contribution in [2.24, 2.45) is 0 Å². The molecule has 3 rings (SSSR count). The van der Waals surface area contributed by atoms with Crippen molar-refractivity contribution in [2.45, 2.75) is 12.4 Å². The number of alkyl halides is 6. The number of aromatic nitrogens is 3. The van der Waals surface area contributed by atoms with Gasteiger partial charge in [-0.05, 0) is 30.3 Å². The van der Waals surface area contributed by atoms with E-state index in [4.69, 9.17) is 5.73 Å². The highest BCUT2D eigenvalue weighted by atomic mass is 19.4. The summed E-state index contributed by atoms with van der Waals surface area (Å²) in [6.45, 7) is 0. The second kappa shape index (κ2) is 6.53. The van der Waals surface area contributed by atoms with Crippen LogP contribution in [0.1, 0.15) is 11.1 Å². The molecule has 140 valence electrons. The van der Waals surface area contributed by atoms with Crippen molar-refractivity contribution in [1.29, 1.82) is 0 Å². The number of pyridine rings is 3. The molecule has 0 atom stereocenters. The van der Waals surface area contributed by atoms with E-state index in [1.807, 2.05) is 0 Å². The van der Waals surface area contributed by atoms with Crippen LogP contribution in [0.4, 0.5) is 32.2 Å². The number of rotatable bonds is 2. The Labute approximate surface area is 148 Å². The SMILES string of the molecule is Nc1ncccc1-c1nc(-c2ccccn2)c(C(F)(F)F)cc1C(F)(F)F. The van der Waals surface area contributed by atoms with Gasteiger partial charge in [-0.2, -0.15) is 26.3 Å². The van der Waals surface area contributed by atoms with E-state index < -0.39 is 34.9 Å². The molecule has 0 radical (unpaired) electrons. The molecule has 0 amide bonds. The van der Waals surface area contributed by atoms with Gasteiger partial charge in [0.05, 0.1) is 22.5 Å². The number of nitrogen functional groups attached to an aromatic ring is 1. The topological polar surface area (TPSA) is 64.7 Å². The molecule has 10 heteroatoms. The molecule has 3 heterocycles. The molecule has 0 aliphatic rings. The van der Waals surface area contributed by atoms with Gasteiger partial charge in [-0.15, -0.1) is 0 Å². The Bertz CT molecular complexity index is 967. The molecule has 0 spiro atoms. The lowest BCUT2D eigenvalue weighted by atomic mass is 10.00. The van der Waals surface area contributed by atoms with Crippen LogP contribution in [-0.4, -0.2) is 15.0 Å². The van der Waals surface area contributed by atoms with Gasteiger partial charge in [0.1, 0.15) is 11.5 Å². The molecule has 3 aromatic rings. The molecule has 0 bridgehead atoms. The Balaban J connectivity index is 2.41. The maximum absolute atomic E-state index is 13.5. The first-order valence-electron chi connectivity index (χ1n) is 7.40. The fourth-order valence-corrected chi connectivity index (χ4v) is 2.47. The summed E-state index contributed by atoms with van der Waals surface area (Å²) in [7, 11) is 0. The maximum Gasteiger partial charge on any atom is 0.418 e. The van der Waals surface area contributed by atoms with Gasteiger partial charge in [0.25, 0.3) is 0 Å². The molecule has 3 aromatic heterocycles. The first kappa shape index (κ1) is 18.6. The number of halogens is 6. The van der Waals surface area contributed by atoms with E-state index >= 15 is 0 Å². The highest BCUT2D eigenvalue weighted by molar-refractivity contribution is 5.76. The number of hydrogen-bond acceptors (Lipinski definition) is 4. The Morgan fingerprint density at radius 1 is 0.741 bits per heavy atom. The molecule has 2 N–H and O–H groups in total. The minimum atomic E-state index is -5.09. The molecule has 0 aliphatic carbocycles. The largest absolute Gasteiger partial charge is 0.418 e. The third-order valence-corrected chi connectivity index (χ3v) is 3.63. The molecular formula is C17H10F6N4. The van der Waals surface area contributed by atoms with Crippen LogP contribution in [-0.2, 0) is 12.4 Å². The highest BCUT2D eigenvalue weighted by Gasteiger charge is 2.42. The zero-order valence-corrected chi connectivity index (χ0v) is 13.3. The molecule has 0 aliphatic heterocycles. The minimum Gasteiger partial charge on any atom is -0.383 e. The molecule has 4 nitrogen and oxygen atoms in total. The molecular weight excluding hydrogens is 374 g/mol. The smallest absolute Gasteiger partial charge is 0.383 e. The van der Waals surface area contributed by atoms with Crippen molar-refractivity contribution in [2.75, 3.05) is 5.73 Å². The zero-order chi connectivity index (χ0) is 19.8. The number of nitrogens with zero attached hydrogens (tertiary/aromatic N) is 3.